The SMILES string of the molecule is O=C(O)c1cccc(N2CCCC2c2ccc3c(c2)OCO3)n1. The van der Waals surface area contributed by atoms with Crippen LogP contribution in [0.15, 0.2) is 36.4 Å². The third-order valence-corrected chi connectivity index (χ3v) is 4.28. The lowest BCUT2D eigenvalue weighted by atomic mass is 10.0. The highest BCUT2D eigenvalue weighted by Crippen LogP contribution is 2.40. The summed E-state index contributed by atoms with van der Waals surface area (Å²) in [5.74, 6) is 1.22. The predicted molar refractivity (Wildman–Crippen MR) is 83.1 cm³/mol. The monoisotopic (exact) mass is 312 g/mol. The molecule has 2 aliphatic rings. The van der Waals surface area contributed by atoms with Crippen LogP contribution in [-0.4, -0.2) is 29.4 Å². The minimum absolute atomic E-state index is 0.0684. The molecule has 0 bridgehead atoms. The first-order valence-corrected chi connectivity index (χ1v) is 7.59. The van der Waals surface area contributed by atoms with E-state index in [1.807, 2.05) is 24.3 Å². The summed E-state index contributed by atoms with van der Waals surface area (Å²) in [5.41, 5.74) is 1.20. The normalized spacial score (nSPS) is 19.1. The molecule has 0 spiro atoms. The largest absolute Gasteiger partial charge is 0.477 e. The zero-order valence-corrected chi connectivity index (χ0v) is 12.4. The third kappa shape index (κ3) is 2.46. The van der Waals surface area contributed by atoms with Crippen molar-refractivity contribution in [2.75, 3.05) is 18.2 Å². The standard InChI is InChI=1S/C17H16N2O4/c20-17(21)12-3-1-5-16(18-12)19-8-2-4-13(19)11-6-7-14-15(9-11)23-10-22-14/h1,3,5-7,9,13H,2,4,8,10H2,(H,20,21). The van der Waals surface area contributed by atoms with E-state index in [1.54, 1.807) is 6.07 Å². The second kappa shape index (κ2) is 5.46. The Morgan fingerprint density at radius 3 is 2.96 bits per heavy atom. The fraction of sp³-hybridized carbons (Fsp3) is 0.294. The van der Waals surface area contributed by atoms with E-state index in [1.165, 1.54) is 6.07 Å². The Bertz CT molecular complexity index is 762. The molecule has 1 atom stereocenters. The van der Waals surface area contributed by atoms with E-state index in [4.69, 9.17) is 14.6 Å². The lowest BCUT2D eigenvalue weighted by Crippen LogP contribution is -2.24. The number of hydrogen-bond acceptors (Lipinski definition) is 5. The van der Waals surface area contributed by atoms with Crippen LogP contribution < -0.4 is 14.4 Å². The molecule has 2 aliphatic heterocycles. The maximum Gasteiger partial charge on any atom is 0.354 e. The van der Waals surface area contributed by atoms with Gasteiger partial charge in [-0.05, 0) is 42.7 Å². The molecule has 23 heavy (non-hydrogen) atoms. The lowest BCUT2D eigenvalue weighted by molar-refractivity contribution is 0.0690. The molecular formula is C17H16N2O4. The van der Waals surface area contributed by atoms with Crippen molar-refractivity contribution in [3.63, 3.8) is 0 Å². The van der Waals surface area contributed by atoms with E-state index in [9.17, 15) is 4.79 Å². The third-order valence-electron chi connectivity index (χ3n) is 4.28. The molecule has 6 nitrogen and oxygen atoms in total. The second-order valence-corrected chi connectivity index (χ2v) is 5.65. The van der Waals surface area contributed by atoms with Gasteiger partial charge in [-0.3, -0.25) is 0 Å². The van der Waals surface area contributed by atoms with Crippen LogP contribution in [0.4, 0.5) is 5.82 Å². The molecular weight excluding hydrogens is 296 g/mol. The zero-order valence-electron chi connectivity index (χ0n) is 12.4. The molecule has 1 aromatic carbocycles. The summed E-state index contributed by atoms with van der Waals surface area (Å²) in [7, 11) is 0. The molecule has 0 saturated carbocycles. The Labute approximate surface area is 133 Å². The van der Waals surface area contributed by atoms with E-state index in [0.717, 1.165) is 36.4 Å². The van der Waals surface area contributed by atoms with Crippen molar-refractivity contribution < 1.29 is 19.4 Å². The first-order chi connectivity index (χ1) is 11.2. The molecule has 1 unspecified atom stereocenters. The molecule has 0 aliphatic carbocycles. The number of pyridine rings is 1. The molecule has 6 heteroatoms. The average Bonchev–Trinajstić information content (AvgIpc) is 3.23. The summed E-state index contributed by atoms with van der Waals surface area (Å²) in [4.78, 5) is 17.6. The Morgan fingerprint density at radius 2 is 2.09 bits per heavy atom. The maximum absolute atomic E-state index is 11.1. The van der Waals surface area contributed by atoms with Gasteiger partial charge in [-0.2, -0.15) is 0 Å². The number of rotatable bonds is 3. The van der Waals surface area contributed by atoms with Crippen LogP contribution in [0.25, 0.3) is 0 Å². The number of aromatic nitrogens is 1. The molecule has 1 fully saturated rings. The van der Waals surface area contributed by atoms with Crippen LogP contribution in [0.5, 0.6) is 11.5 Å². The Morgan fingerprint density at radius 1 is 1.22 bits per heavy atom. The van der Waals surface area contributed by atoms with E-state index >= 15 is 0 Å². The van der Waals surface area contributed by atoms with Crippen molar-refractivity contribution in [3.8, 4) is 11.5 Å². The van der Waals surface area contributed by atoms with Crippen LogP contribution in [0, 0.1) is 0 Å². The summed E-state index contributed by atoms with van der Waals surface area (Å²) in [6.07, 6.45) is 2.04. The quantitative estimate of drug-likeness (QED) is 0.939. The van der Waals surface area contributed by atoms with Gasteiger partial charge in [0.1, 0.15) is 5.82 Å². The molecule has 2 aromatic rings. The van der Waals surface area contributed by atoms with Gasteiger partial charge in [-0.25, -0.2) is 9.78 Å². The fourth-order valence-corrected chi connectivity index (χ4v) is 3.21. The number of ether oxygens (including phenoxy) is 2. The van der Waals surface area contributed by atoms with Gasteiger partial charge < -0.3 is 19.5 Å². The number of aromatic carboxylic acids is 1. The van der Waals surface area contributed by atoms with Crippen molar-refractivity contribution in [3.05, 3.63) is 47.7 Å². The van der Waals surface area contributed by atoms with Crippen LogP contribution in [0.2, 0.25) is 0 Å². The summed E-state index contributed by atoms with van der Waals surface area (Å²) in [5, 5.41) is 9.13. The van der Waals surface area contributed by atoms with Gasteiger partial charge in [0.15, 0.2) is 17.2 Å². The molecule has 1 aromatic heterocycles. The van der Waals surface area contributed by atoms with Gasteiger partial charge in [0.2, 0.25) is 6.79 Å². The number of hydrogen-bond donors (Lipinski definition) is 1. The number of nitrogens with zero attached hydrogens (tertiary/aromatic N) is 2. The molecule has 0 radical (unpaired) electrons. The van der Waals surface area contributed by atoms with Crippen LogP contribution >= 0.6 is 0 Å². The van der Waals surface area contributed by atoms with E-state index in [0.29, 0.717) is 5.82 Å². The van der Waals surface area contributed by atoms with Gasteiger partial charge in [-0.15, -0.1) is 0 Å². The van der Waals surface area contributed by atoms with Gasteiger partial charge in [0.05, 0.1) is 6.04 Å². The summed E-state index contributed by atoms with van der Waals surface area (Å²) >= 11 is 0. The van der Waals surface area contributed by atoms with Gasteiger partial charge in [0.25, 0.3) is 0 Å². The summed E-state index contributed by atoms with van der Waals surface area (Å²) in [6, 6.07) is 11.2. The van der Waals surface area contributed by atoms with Crippen LogP contribution in [-0.2, 0) is 0 Å². The summed E-state index contributed by atoms with van der Waals surface area (Å²) in [6.45, 7) is 1.12. The van der Waals surface area contributed by atoms with Crippen molar-refractivity contribution >= 4 is 11.8 Å². The van der Waals surface area contributed by atoms with Crippen molar-refractivity contribution in [2.24, 2.45) is 0 Å². The van der Waals surface area contributed by atoms with E-state index < -0.39 is 5.97 Å². The highest BCUT2D eigenvalue weighted by atomic mass is 16.7. The minimum Gasteiger partial charge on any atom is -0.477 e. The highest BCUT2D eigenvalue weighted by Gasteiger charge is 2.29. The Kier molecular flexibility index (Phi) is 3.29. The van der Waals surface area contributed by atoms with Crippen LogP contribution in [0.1, 0.15) is 34.9 Å². The minimum atomic E-state index is -1.01. The van der Waals surface area contributed by atoms with Crippen LogP contribution in [0.3, 0.4) is 0 Å². The lowest BCUT2D eigenvalue weighted by Gasteiger charge is -2.26. The number of benzene rings is 1. The first kappa shape index (κ1) is 13.9. The Hall–Kier alpha value is -2.76. The number of anilines is 1. The molecule has 0 amide bonds. The van der Waals surface area contributed by atoms with Gasteiger partial charge in [-0.1, -0.05) is 12.1 Å². The second-order valence-electron chi connectivity index (χ2n) is 5.65. The molecule has 1 N–H and O–H groups in total. The molecule has 3 heterocycles. The zero-order chi connectivity index (χ0) is 15.8. The summed E-state index contributed by atoms with van der Waals surface area (Å²) < 4.78 is 10.8. The first-order valence-electron chi connectivity index (χ1n) is 7.59. The maximum atomic E-state index is 11.1. The average molecular weight is 312 g/mol. The number of fused-ring (bicyclic) bond motifs is 1. The topological polar surface area (TPSA) is 71.9 Å². The van der Waals surface area contributed by atoms with Crippen molar-refractivity contribution in [1.82, 2.24) is 4.98 Å². The van der Waals surface area contributed by atoms with Gasteiger partial charge in [0, 0.05) is 6.54 Å². The molecule has 1 saturated heterocycles. The van der Waals surface area contributed by atoms with Crippen molar-refractivity contribution in [2.45, 2.75) is 18.9 Å². The predicted octanol–water partition coefficient (Wildman–Crippen LogP) is 2.85. The fourth-order valence-electron chi connectivity index (χ4n) is 3.21. The number of carboxylic acid groups (broad SMARTS) is 1. The van der Waals surface area contributed by atoms with Gasteiger partial charge >= 0.3 is 5.97 Å². The molecule has 4 rings (SSSR count). The number of carbonyl (C=O) groups is 1. The number of carboxylic acids is 1. The smallest absolute Gasteiger partial charge is 0.354 e. The molecule has 118 valence electrons. The Balaban J connectivity index is 1.66. The van der Waals surface area contributed by atoms with E-state index in [2.05, 4.69) is 9.88 Å². The van der Waals surface area contributed by atoms with E-state index in [-0.39, 0.29) is 18.5 Å². The highest BCUT2D eigenvalue weighted by molar-refractivity contribution is 5.85. The van der Waals surface area contributed by atoms with Crippen molar-refractivity contribution in [1.29, 1.82) is 0 Å².